The fourth-order valence-electron chi connectivity index (χ4n) is 3.60. The van der Waals surface area contributed by atoms with Gasteiger partial charge in [-0.25, -0.2) is 4.79 Å². The molecule has 2 atom stereocenters. The molecule has 2 aromatic rings. The minimum Gasteiger partial charge on any atom is -0.481 e. The topological polar surface area (TPSA) is 220 Å². The maximum absolute atomic E-state index is 13.2. The van der Waals surface area contributed by atoms with Gasteiger partial charge in [0.15, 0.2) is 5.82 Å². The van der Waals surface area contributed by atoms with Crippen LogP contribution in [0.4, 0.5) is 36.3 Å². The third kappa shape index (κ3) is 6.48. The maximum atomic E-state index is 13.2. The van der Waals surface area contributed by atoms with Gasteiger partial charge in [-0.2, -0.15) is 18.2 Å². The highest BCUT2D eigenvalue weighted by atomic mass is 19.4. The number of anilines is 4. The van der Waals surface area contributed by atoms with Crippen molar-refractivity contribution in [2.75, 3.05) is 34.8 Å². The zero-order valence-electron chi connectivity index (χ0n) is 19.3. The van der Waals surface area contributed by atoms with Crippen molar-refractivity contribution in [3.05, 3.63) is 40.2 Å². The molecule has 14 nitrogen and oxygen atoms in total. The first kappa shape index (κ1) is 27.8. The van der Waals surface area contributed by atoms with Gasteiger partial charge in [-0.05, 0) is 30.7 Å². The Morgan fingerprint density at radius 1 is 1.18 bits per heavy atom. The summed E-state index contributed by atoms with van der Waals surface area (Å²) in [5.74, 6) is -7.55. The van der Waals surface area contributed by atoms with E-state index in [1.165, 1.54) is 12.1 Å². The number of carboxylic acid groups (broad SMARTS) is 2. The first-order valence-electron chi connectivity index (χ1n) is 10.9. The molecule has 0 saturated heterocycles. The van der Waals surface area contributed by atoms with Gasteiger partial charge in [0.25, 0.3) is 11.5 Å². The maximum Gasteiger partial charge on any atom is 0.471 e. The lowest BCUT2D eigenvalue weighted by Crippen LogP contribution is -2.53. The summed E-state index contributed by atoms with van der Waals surface area (Å²) in [5.41, 5.74) is 5.18. The number of imide groups is 1. The number of carbonyl (C=O) groups excluding carboxylic acids is 2. The molecule has 8 N–H and O–H groups in total. The van der Waals surface area contributed by atoms with E-state index in [-0.39, 0.29) is 30.0 Å². The monoisotopic (exact) mass is 541 g/mol. The van der Waals surface area contributed by atoms with Crippen LogP contribution in [0.1, 0.15) is 23.2 Å². The second-order valence-electron chi connectivity index (χ2n) is 8.12. The second-order valence-corrected chi connectivity index (χ2v) is 8.12. The van der Waals surface area contributed by atoms with E-state index in [2.05, 4.69) is 25.9 Å². The molecule has 38 heavy (non-hydrogen) atoms. The number of carboxylic acids is 2. The Kier molecular flexibility index (Phi) is 8.07. The normalized spacial score (nSPS) is 15.3. The zero-order chi connectivity index (χ0) is 28.2. The standard InChI is InChI=1S/C21H22F3N7O7/c22-21(23,24)19(38)31(12(18(36)37)5-6-13(32)33)17(35)9-1-3-10(4-2-9)26-7-11-8-27-15-14(28-11)16(34)30-20(25)29-15/h1-4,11-12,26,28H,5-8H2,(H,32,33)(H,36,37)(H4,25,27,29,30,34)/t11?,12-/m0/s1. The van der Waals surface area contributed by atoms with Gasteiger partial charge in [-0.15, -0.1) is 0 Å². The molecular weight excluding hydrogens is 519 g/mol. The van der Waals surface area contributed by atoms with E-state index in [0.717, 1.165) is 12.1 Å². The van der Waals surface area contributed by atoms with Gasteiger partial charge in [0, 0.05) is 30.8 Å². The van der Waals surface area contributed by atoms with Crippen LogP contribution in [0.2, 0.25) is 0 Å². The third-order valence-electron chi connectivity index (χ3n) is 5.40. The van der Waals surface area contributed by atoms with Crippen LogP contribution in [0, 0.1) is 0 Å². The van der Waals surface area contributed by atoms with Crippen LogP contribution >= 0.6 is 0 Å². The lowest BCUT2D eigenvalue weighted by atomic mass is 10.1. The van der Waals surface area contributed by atoms with E-state index in [9.17, 15) is 42.3 Å². The molecule has 17 heteroatoms. The Balaban J connectivity index is 1.73. The highest BCUT2D eigenvalue weighted by Crippen LogP contribution is 2.25. The van der Waals surface area contributed by atoms with Gasteiger partial charge >= 0.3 is 24.0 Å². The predicted octanol–water partition coefficient (Wildman–Crippen LogP) is 0.519. The quantitative estimate of drug-likeness (QED) is 0.231. The van der Waals surface area contributed by atoms with E-state index in [0.29, 0.717) is 12.2 Å². The van der Waals surface area contributed by atoms with E-state index in [1.807, 2.05) is 0 Å². The van der Waals surface area contributed by atoms with Crippen molar-refractivity contribution in [2.24, 2.45) is 0 Å². The molecule has 3 rings (SSSR count). The molecule has 2 amide bonds. The first-order valence-corrected chi connectivity index (χ1v) is 10.9. The highest BCUT2D eigenvalue weighted by Gasteiger charge is 2.49. The fourth-order valence-corrected chi connectivity index (χ4v) is 3.60. The summed E-state index contributed by atoms with van der Waals surface area (Å²) >= 11 is 0. The third-order valence-corrected chi connectivity index (χ3v) is 5.40. The van der Waals surface area contributed by atoms with E-state index >= 15 is 0 Å². The van der Waals surface area contributed by atoms with Crippen LogP contribution < -0.4 is 27.2 Å². The van der Waals surface area contributed by atoms with Gasteiger partial charge in [-0.1, -0.05) is 0 Å². The van der Waals surface area contributed by atoms with Crippen LogP contribution in [0.5, 0.6) is 0 Å². The van der Waals surface area contributed by atoms with Crippen LogP contribution in [0.3, 0.4) is 0 Å². The molecule has 0 saturated carbocycles. The summed E-state index contributed by atoms with van der Waals surface area (Å²) < 4.78 is 39.5. The number of rotatable bonds is 9. The van der Waals surface area contributed by atoms with Gasteiger partial charge in [-0.3, -0.25) is 29.1 Å². The number of hydrogen-bond donors (Lipinski definition) is 7. The van der Waals surface area contributed by atoms with Crippen molar-refractivity contribution in [1.29, 1.82) is 0 Å². The smallest absolute Gasteiger partial charge is 0.471 e. The molecule has 0 aliphatic carbocycles. The molecular formula is C21H22F3N7O7. The van der Waals surface area contributed by atoms with Crippen LogP contribution in [-0.4, -0.2) is 80.2 Å². The average Bonchev–Trinajstić information content (AvgIpc) is 2.84. The summed E-state index contributed by atoms with van der Waals surface area (Å²) in [5, 5.41) is 27.1. The summed E-state index contributed by atoms with van der Waals surface area (Å²) in [7, 11) is 0. The number of H-pyrrole nitrogens is 1. The summed E-state index contributed by atoms with van der Waals surface area (Å²) in [6, 6.07) is 2.13. The zero-order valence-corrected chi connectivity index (χ0v) is 19.3. The molecule has 1 aromatic carbocycles. The number of hydrogen-bond acceptors (Lipinski definition) is 10. The molecule has 0 radical (unpaired) electrons. The number of aliphatic carboxylic acids is 2. The SMILES string of the molecule is Nc1nc2c(c(=O)[nH]1)NC(CNc1ccc(C(=O)N(C(=O)C(F)(F)F)[C@@H](CCC(=O)O)C(=O)O)cc1)CN2. The van der Waals surface area contributed by atoms with Crippen molar-refractivity contribution < 1.29 is 42.6 Å². The van der Waals surface area contributed by atoms with Crippen LogP contribution in [-0.2, 0) is 14.4 Å². The molecule has 1 aliphatic rings. The van der Waals surface area contributed by atoms with Crippen molar-refractivity contribution in [3.8, 4) is 0 Å². The number of fused-ring (bicyclic) bond motifs is 1. The van der Waals surface area contributed by atoms with Gasteiger partial charge in [0.05, 0.1) is 6.04 Å². The minimum absolute atomic E-state index is 0.0543. The number of halogens is 3. The number of nitrogens with one attached hydrogen (secondary N) is 4. The number of alkyl halides is 3. The number of benzene rings is 1. The second kappa shape index (κ2) is 11.1. The molecule has 1 aromatic heterocycles. The molecule has 0 spiro atoms. The average molecular weight is 541 g/mol. The minimum atomic E-state index is -5.59. The number of carbonyl (C=O) groups is 4. The largest absolute Gasteiger partial charge is 0.481 e. The molecule has 0 fully saturated rings. The Morgan fingerprint density at radius 2 is 1.84 bits per heavy atom. The van der Waals surface area contributed by atoms with Gasteiger partial charge in [0.1, 0.15) is 11.7 Å². The number of nitrogens with two attached hydrogens (primary N) is 1. The molecule has 204 valence electrons. The summed E-state index contributed by atoms with van der Waals surface area (Å²) in [4.78, 5) is 65.0. The lowest BCUT2D eigenvalue weighted by molar-refractivity contribution is -0.186. The van der Waals surface area contributed by atoms with Gasteiger partial charge in [0.2, 0.25) is 5.95 Å². The van der Waals surface area contributed by atoms with Crippen molar-refractivity contribution >= 4 is 46.9 Å². The number of aromatic amines is 1. The Labute approximate surface area is 211 Å². The van der Waals surface area contributed by atoms with Crippen molar-refractivity contribution in [2.45, 2.75) is 31.1 Å². The number of aromatic nitrogens is 2. The van der Waals surface area contributed by atoms with Crippen molar-refractivity contribution in [1.82, 2.24) is 14.9 Å². The lowest BCUT2D eigenvalue weighted by Gasteiger charge is -2.28. The number of nitrogen functional groups attached to an aromatic ring is 1. The highest BCUT2D eigenvalue weighted by molar-refractivity contribution is 6.08. The number of nitrogens with zero attached hydrogens (tertiary/aromatic N) is 2. The van der Waals surface area contributed by atoms with Crippen molar-refractivity contribution in [3.63, 3.8) is 0 Å². The molecule has 1 aliphatic heterocycles. The number of amides is 2. The van der Waals surface area contributed by atoms with Gasteiger partial charge < -0.3 is 31.9 Å². The predicted molar refractivity (Wildman–Crippen MR) is 126 cm³/mol. The Morgan fingerprint density at radius 3 is 2.42 bits per heavy atom. The molecule has 2 heterocycles. The molecule has 0 bridgehead atoms. The first-order chi connectivity index (χ1) is 17.8. The summed E-state index contributed by atoms with van der Waals surface area (Å²) in [6.07, 6.45) is -7.40. The summed E-state index contributed by atoms with van der Waals surface area (Å²) in [6.45, 7) is 0.604. The van der Waals surface area contributed by atoms with E-state index in [4.69, 9.17) is 10.8 Å². The van der Waals surface area contributed by atoms with Crippen LogP contribution in [0.15, 0.2) is 29.1 Å². The molecule has 1 unspecified atom stereocenters. The van der Waals surface area contributed by atoms with E-state index < -0.39 is 64.8 Å². The van der Waals surface area contributed by atoms with Crippen LogP contribution in [0.25, 0.3) is 0 Å². The fraction of sp³-hybridized carbons (Fsp3) is 0.333. The van der Waals surface area contributed by atoms with E-state index in [1.54, 1.807) is 0 Å². The Bertz CT molecular complexity index is 1300. The Hall–Kier alpha value is -4.83.